The Morgan fingerprint density at radius 1 is 1.32 bits per heavy atom. The van der Waals surface area contributed by atoms with Crippen LogP contribution in [0.4, 0.5) is 13.2 Å². The van der Waals surface area contributed by atoms with Crippen LogP contribution in [-0.4, -0.2) is 20.5 Å². The molecule has 0 fully saturated rings. The zero-order valence-corrected chi connectivity index (χ0v) is 9.98. The van der Waals surface area contributed by atoms with Gasteiger partial charge in [0.25, 0.3) is 0 Å². The number of alkyl halides is 3. The highest BCUT2D eigenvalue weighted by Crippen LogP contribution is 2.28. The number of hydrogen-bond acceptors (Lipinski definition) is 3. The maximum atomic E-state index is 12.3. The molecule has 4 nitrogen and oxygen atoms in total. The first-order chi connectivity index (χ1) is 8.86. The lowest BCUT2D eigenvalue weighted by Crippen LogP contribution is -2.09. The number of ketones is 1. The summed E-state index contributed by atoms with van der Waals surface area (Å²) >= 11 is 0. The van der Waals surface area contributed by atoms with Crippen LogP contribution in [0.5, 0.6) is 0 Å². The van der Waals surface area contributed by atoms with Crippen molar-refractivity contribution in [2.24, 2.45) is 7.05 Å². The number of Topliss-reactive ketones (excluding diaryl/α,β-unsaturated/α-hetero) is 1. The van der Waals surface area contributed by atoms with E-state index in [2.05, 4.69) is 10.1 Å². The van der Waals surface area contributed by atoms with Gasteiger partial charge in [-0.1, -0.05) is 0 Å². The molecular formula is C12H10F3N3O. The van der Waals surface area contributed by atoms with Crippen LogP contribution in [0, 0.1) is 0 Å². The van der Waals surface area contributed by atoms with E-state index in [1.165, 1.54) is 6.20 Å². The van der Waals surface area contributed by atoms with Gasteiger partial charge in [0.15, 0.2) is 5.78 Å². The maximum absolute atomic E-state index is 12.3. The number of hydrogen-bond donors (Lipinski definition) is 0. The standard InChI is InChI=1S/C12H10F3N3O/c1-18-7-8(5-17-18)4-11(19)10-3-2-9(6-16-10)12(13,14)15/h2-3,5-7H,4H2,1H3. The second kappa shape index (κ2) is 4.83. The lowest BCUT2D eigenvalue weighted by Gasteiger charge is -2.06. The molecule has 0 bridgehead atoms. The Kier molecular flexibility index (Phi) is 3.37. The van der Waals surface area contributed by atoms with Crippen LogP contribution in [0.1, 0.15) is 21.6 Å². The smallest absolute Gasteiger partial charge is 0.292 e. The highest BCUT2D eigenvalue weighted by Gasteiger charge is 2.30. The summed E-state index contributed by atoms with van der Waals surface area (Å²) in [5.74, 6) is -0.346. The molecule has 0 aliphatic carbocycles. The predicted octanol–water partition coefficient (Wildman–Crippen LogP) is 2.26. The van der Waals surface area contributed by atoms with E-state index < -0.39 is 11.7 Å². The molecule has 2 aromatic heterocycles. The second-order valence-corrected chi connectivity index (χ2v) is 4.05. The van der Waals surface area contributed by atoms with E-state index in [1.54, 1.807) is 17.9 Å². The fourth-order valence-corrected chi connectivity index (χ4v) is 1.57. The van der Waals surface area contributed by atoms with Crippen LogP contribution in [0.15, 0.2) is 30.7 Å². The average molecular weight is 269 g/mol. The van der Waals surface area contributed by atoms with Gasteiger partial charge in [0.1, 0.15) is 5.69 Å². The number of aryl methyl sites for hydroxylation is 1. The number of aromatic nitrogens is 3. The van der Waals surface area contributed by atoms with Crippen LogP contribution in [-0.2, 0) is 19.6 Å². The van der Waals surface area contributed by atoms with Gasteiger partial charge in [0, 0.05) is 25.9 Å². The van der Waals surface area contributed by atoms with Crippen molar-refractivity contribution >= 4 is 5.78 Å². The molecule has 100 valence electrons. The van der Waals surface area contributed by atoms with Gasteiger partial charge in [0.2, 0.25) is 0 Å². The molecule has 0 saturated carbocycles. The Balaban J connectivity index is 2.12. The topological polar surface area (TPSA) is 47.8 Å². The Hall–Kier alpha value is -2.18. The Bertz CT molecular complexity index is 587. The molecule has 0 aliphatic rings. The van der Waals surface area contributed by atoms with Crippen molar-refractivity contribution in [3.63, 3.8) is 0 Å². The van der Waals surface area contributed by atoms with Gasteiger partial charge in [-0.2, -0.15) is 18.3 Å². The van der Waals surface area contributed by atoms with Crippen LogP contribution in [0.2, 0.25) is 0 Å². The van der Waals surface area contributed by atoms with E-state index in [-0.39, 0.29) is 17.9 Å². The van der Waals surface area contributed by atoms with Crippen molar-refractivity contribution in [2.45, 2.75) is 12.6 Å². The molecule has 0 aliphatic heterocycles. The number of carbonyl (C=O) groups is 1. The molecule has 0 spiro atoms. The van der Waals surface area contributed by atoms with Gasteiger partial charge in [0.05, 0.1) is 11.8 Å². The first-order valence-corrected chi connectivity index (χ1v) is 5.40. The fraction of sp³-hybridized carbons (Fsp3) is 0.250. The molecule has 2 rings (SSSR count). The van der Waals surface area contributed by atoms with Crippen molar-refractivity contribution < 1.29 is 18.0 Å². The van der Waals surface area contributed by atoms with E-state index in [0.717, 1.165) is 12.1 Å². The van der Waals surface area contributed by atoms with Crippen molar-refractivity contribution in [1.82, 2.24) is 14.8 Å². The summed E-state index contributed by atoms with van der Waals surface area (Å²) in [4.78, 5) is 15.4. The summed E-state index contributed by atoms with van der Waals surface area (Å²) < 4.78 is 38.5. The molecular weight excluding hydrogens is 259 g/mol. The third kappa shape index (κ3) is 3.18. The zero-order chi connectivity index (χ0) is 14.0. The maximum Gasteiger partial charge on any atom is 0.417 e. The Morgan fingerprint density at radius 2 is 2.05 bits per heavy atom. The summed E-state index contributed by atoms with van der Waals surface area (Å²) in [5, 5.41) is 3.91. The number of carbonyl (C=O) groups excluding carboxylic acids is 1. The highest BCUT2D eigenvalue weighted by molar-refractivity contribution is 5.95. The molecule has 0 saturated heterocycles. The molecule has 0 amide bonds. The first kappa shape index (κ1) is 13.3. The minimum atomic E-state index is -4.45. The van der Waals surface area contributed by atoms with E-state index in [1.807, 2.05) is 0 Å². The fourth-order valence-electron chi connectivity index (χ4n) is 1.57. The van der Waals surface area contributed by atoms with Crippen molar-refractivity contribution in [3.8, 4) is 0 Å². The molecule has 0 radical (unpaired) electrons. The van der Waals surface area contributed by atoms with Crippen molar-refractivity contribution in [1.29, 1.82) is 0 Å². The molecule has 0 N–H and O–H groups in total. The minimum Gasteiger partial charge on any atom is -0.292 e. The second-order valence-electron chi connectivity index (χ2n) is 4.05. The molecule has 19 heavy (non-hydrogen) atoms. The summed E-state index contributed by atoms with van der Waals surface area (Å²) in [6, 6.07) is 1.94. The van der Waals surface area contributed by atoms with Gasteiger partial charge >= 0.3 is 6.18 Å². The zero-order valence-electron chi connectivity index (χ0n) is 9.98. The van der Waals surface area contributed by atoms with E-state index in [9.17, 15) is 18.0 Å². The lowest BCUT2D eigenvalue weighted by atomic mass is 10.1. The minimum absolute atomic E-state index is 0.0110. The van der Waals surface area contributed by atoms with E-state index in [4.69, 9.17) is 0 Å². The molecule has 7 heteroatoms. The molecule has 0 aromatic carbocycles. The van der Waals surface area contributed by atoms with Crippen LogP contribution in [0.25, 0.3) is 0 Å². The van der Waals surface area contributed by atoms with E-state index in [0.29, 0.717) is 11.8 Å². The van der Waals surface area contributed by atoms with Crippen molar-refractivity contribution in [2.75, 3.05) is 0 Å². The van der Waals surface area contributed by atoms with Crippen LogP contribution in [0.3, 0.4) is 0 Å². The SMILES string of the molecule is Cn1cc(CC(=O)c2ccc(C(F)(F)F)cn2)cn1. The number of rotatable bonds is 3. The van der Waals surface area contributed by atoms with Gasteiger partial charge in [-0.25, -0.2) is 0 Å². The quantitative estimate of drug-likeness (QED) is 0.803. The Labute approximate surface area is 106 Å². The normalized spacial score (nSPS) is 11.6. The Morgan fingerprint density at radius 3 is 2.53 bits per heavy atom. The number of halogens is 3. The van der Waals surface area contributed by atoms with Crippen LogP contribution >= 0.6 is 0 Å². The van der Waals surface area contributed by atoms with Gasteiger partial charge < -0.3 is 0 Å². The molecule has 2 aromatic rings. The van der Waals surface area contributed by atoms with Gasteiger partial charge in [-0.15, -0.1) is 0 Å². The number of nitrogens with zero attached hydrogens (tertiary/aromatic N) is 3. The first-order valence-electron chi connectivity index (χ1n) is 5.40. The summed E-state index contributed by atoms with van der Waals surface area (Å²) in [7, 11) is 1.71. The summed E-state index contributed by atoms with van der Waals surface area (Å²) in [6.45, 7) is 0. The van der Waals surface area contributed by atoms with E-state index >= 15 is 0 Å². The molecule has 2 heterocycles. The van der Waals surface area contributed by atoms with Gasteiger partial charge in [-0.05, 0) is 17.7 Å². The molecule has 0 unspecified atom stereocenters. The largest absolute Gasteiger partial charge is 0.417 e. The summed E-state index contributed by atoms with van der Waals surface area (Å²) in [6.07, 6.45) is -0.523. The monoisotopic (exact) mass is 269 g/mol. The van der Waals surface area contributed by atoms with Gasteiger partial charge in [-0.3, -0.25) is 14.5 Å². The summed E-state index contributed by atoms with van der Waals surface area (Å²) in [5.41, 5.74) is -0.170. The average Bonchev–Trinajstić information content (AvgIpc) is 2.74. The predicted molar refractivity (Wildman–Crippen MR) is 60.5 cm³/mol. The van der Waals surface area contributed by atoms with Crippen LogP contribution < -0.4 is 0 Å². The third-order valence-electron chi connectivity index (χ3n) is 2.50. The third-order valence-corrected chi connectivity index (χ3v) is 2.50. The van der Waals surface area contributed by atoms with Crippen molar-refractivity contribution in [3.05, 3.63) is 47.5 Å². The molecule has 0 atom stereocenters. The highest BCUT2D eigenvalue weighted by atomic mass is 19.4. The number of pyridine rings is 1. The lowest BCUT2D eigenvalue weighted by molar-refractivity contribution is -0.137.